The molecule has 2 rings (SSSR count). The van der Waals surface area contributed by atoms with Crippen molar-refractivity contribution in [2.24, 2.45) is 0 Å². The van der Waals surface area contributed by atoms with Gasteiger partial charge in [0.2, 0.25) is 0 Å². The van der Waals surface area contributed by atoms with E-state index in [2.05, 4.69) is 24.4 Å². The molecule has 1 heterocycles. The molecule has 2 nitrogen and oxygen atoms in total. The molecule has 0 radical (unpaired) electrons. The first-order valence-corrected chi connectivity index (χ1v) is 5.27. The van der Waals surface area contributed by atoms with E-state index in [4.69, 9.17) is 4.42 Å². The van der Waals surface area contributed by atoms with E-state index in [1.807, 2.05) is 6.07 Å². The second-order valence-electron chi connectivity index (χ2n) is 3.89. The molecular weight excluding hydrogens is 174 g/mol. The molecule has 0 amide bonds. The third-order valence-electron chi connectivity index (χ3n) is 2.79. The predicted octanol–water partition coefficient (Wildman–Crippen LogP) is 2.79. The maximum absolute atomic E-state index is 5.37. The minimum absolute atomic E-state index is 0.629. The van der Waals surface area contributed by atoms with Crippen LogP contribution in [0.15, 0.2) is 28.9 Å². The van der Waals surface area contributed by atoms with Gasteiger partial charge in [0.25, 0.3) is 0 Å². The van der Waals surface area contributed by atoms with E-state index in [1.165, 1.54) is 18.4 Å². The molecular formula is C12H17NO. The summed E-state index contributed by atoms with van der Waals surface area (Å²) in [4.78, 5) is 0. The van der Waals surface area contributed by atoms with Gasteiger partial charge in [-0.1, -0.05) is 12.2 Å². The zero-order valence-corrected chi connectivity index (χ0v) is 8.62. The molecule has 0 spiro atoms. The third-order valence-corrected chi connectivity index (χ3v) is 2.79. The summed E-state index contributed by atoms with van der Waals surface area (Å²) in [5, 5.41) is 3.52. The number of furan rings is 1. The largest absolute Gasteiger partial charge is 0.468 e. The smallest absolute Gasteiger partial charge is 0.120 e. The average Bonchev–Trinajstić information content (AvgIpc) is 2.63. The highest BCUT2D eigenvalue weighted by Gasteiger charge is 2.10. The van der Waals surface area contributed by atoms with Crippen molar-refractivity contribution in [3.05, 3.63) is 35.8 Å². The van der Waals surface area contributed by atoms with Gasteiger partial charge in [0.15, 0.2) is 0 Å². The number of hydrogen-bond acceptors (Lipinski definition) is 2. The van der Waals surface area contributed by atoms with Gasteiger partial charge in [0, 0.05) is 6.04 Å². The van der Waals surface area contributed by atoms with Crippen molar-refractivity contribution in [2.75, 3.05) is 0 Å². The van der Waals surface area contributed by atoms with Gasteiger partial charge in [-0.15, -0.1) is 0 Å². The van der Waals surface area contributed by atoms with Gasteiger partial charge < -0.3 is 9.73 Å². The fourth-order valence-electron chi connectivity index (χ4n) is 1.80. The van der Waals surface area contributed by atoms with E-state index in [-0.39, 0.29) is 0 Å². The van der Waals surface area contributed by atoms with Crippen molar-refractivity contribution in [1.29, 1.82) is 0 Å². The van der Waals surface area contributed by atoms with Crippen molar-refractivity contribution >= 4 is 0 Å². The van der Waals surface area contributed by atoms with Gasteiger partial charge >= 0.3 is 0 Å². The van der Waals surface area contributed by atoms with E-state index >= 15 is 0 Å². The van der Waals surface area contributed by atoms with E-state index < -0.39 is 0 Å². The van der Waals surface area contributed by atoms with E-state index in [0.717, 1.165) is 18.7 Å². The van der Waals surface area contributed by atoms with Crippen LogP contribution < -0.4 is 5.32 Å². The molecule has 0 bridgehead atoms. The van der Waals surface area contributed by atoms with Crippen LogP contribution in [0.5, 0.6) is 0 Å². The van der Waals surface area contributed by atoms with Crippen molar-refractivity contribution < 1.29 is 4.42 Å². The Morgan fingerprint density at radius 1 is 1.50 bits per heavy atom. The fraction of sp³-hybridized carbons (Fsp3) is 0.500. The molecule has 1 N–H and O–H groups in total. The molecule has 0 saturated heterocycles. The zero-order chi connectivity index (χ0) is 9.80. The predicted molar refractivity (Wildman–Crippen MR) is 57.1 cm³/mol. The minimum Gasteiger partial charge on any atom is -0.468 e. The van der Waals surface area contributed by atoms with Crippen molar-refractivity contribution in [3.8, 4) is 0 Å². The molecule has 0 fully saturated rings. The molecule has 1 aromatic heterocycles. The van der Waals surface area contributed by atoms with Crippen molar-refractivity contribution in [2.45, 2.75) is 38.8 Å². The number of allylic oxidation sites excluding steroid dienone is 1. The molecule has 1 aliphatic carbocycles. The Bertz CT molecular complexity index is 314. The zero-order valence-electron chi connectivity index (χ0n) is 8.62. The van der Waals surface area contributed by atoms with Gasteiger partial charge in [-0.05, 0) is 37.8 Å². The molecule has 2 heteroatoms. The molecule has 1 aliphatic rings. The summed E-state index contributed by atoms with van der Waals surface area (Å²) in [6.45, 7) is 2.94. The average molecular weight is 191 g/mol. The van der Waals surface area contributed by atoms with Gasteiger partial charge in [0.1, 0.15) is 5.76 Å². The lowest BCUT2D eigenvalue weighted by Gasteiger charge is -2.18. The highest BCUT2D eigenvalue weighted by atomic mass is 16.3. The number of nitrogens with one attached hydrogen (secondary N) is 1. The van der Waals surface area contributed by atoms with Crippen LogP contribution in [0.1, 0.15) is 30.6 Å². The standard InChI is InChI=1S/C12H17NO/c1-10-7-8-14-12(10)9-13-11-5-3-2-4-6-11/h2-3,7-8,11,13H,4-6,9H2,1H3. The molecule has 76 valence electrons. The van der Waals surface area contributed by atoms with Crippen LogP contribution in [-0.4, -0.2) is 6.04 Å². The Hall–Kier alpha value is -1.02. The number of aryl methyl sites for hydroxylation is 1. The minimum atomic E-state index is 0.629. The highest BCUT2D eigenvalue weighted by molar-refractivity contribution is 5.14. The summed E-state index contributed by atoms with van der Waals surface area (Å²) in [6.07, 6.45) is 9.88. The monoisotopic (exact) mass is 191 g/mol. The lowest BCUT2D eigenvalue weighted by Crippen LogP contribution is -2.29. The summed E-state index contributed by atoms with van der Waals surface area (Å²) in [5.74, 6) is 1.07. The van der Waals surface area contributed by atoms with Gasteiger partial charge in [0.05, 0.1) is 12.8 Å². The maximum Gasteiger partial charge on any atom is 0.120 e. The van der Waals surface area contributed by atoms with E-state index in [9.17, 15) is 0 Å². The molecule has 0 aliphatic heterocycles. The Kier molecular flexibility index (Phi) is 3.04. The molecule has 14 heavy (non-hydrogen) atoms. The van der Waals surface area contributed by atoms with Crippen molar-refractivity contribution in [3.63, 3.8) is 0 Å². The van der Waals surface area contributed by atoms with Crippen LogP contribution in [0.25, 0.3) is 0 Å². The SMILES string of the molecule is Cc1ccoc1CNC1CC=CCC1. The van der Waals surface area contributed by atoms with Crippen LogP contribution in [0.3, 0.4) is 0 Å². The summed E-state index contributed by atoms with van der Waals surface area (Å²) in [5.41, 5.74) is 1.24. The highest BCUT2D eigenvalue weighted by Crippen LogP contribution is 2.13. The second-order valence-corrected chi connectivity index (χ2v) is 3.89. The van der Waals surface area contributed by atoms with Gasteiger partial charge in [-0.3, -0.25) is 0 Å². The summed E-state index contributed by atoms with van der Waals surface area (Å²) >= 11 is 0. The molecule has 0 aromatic carbocycles. The fourth-order valence-corrected chi connectivity index (χ4v) is 1.80. The third kappa shape index (κ3) is 2.26. The quantitative estimate of drug-likeness (QED) is 0.743. The van der Waals surface area contributed by atoms with Crippen LogP contribution >= 0.6 is 0 Å². The first-order chi connectivity index (χ1) is 6.86. The summed E-state index contributed by atoms with van der Waals surface area (Å²) in [7, 11) is 0. The van der Waals surface area contributed by atoms with Crippen molar-refractivity contribution in [1.82, 2.24) is 5.32 Å². The van der Waals surface area contributed by atoms with Crippen LogP contribution in [-0.2, 0) is 6.54 Å². The lowest BCUT2D eigenvalue weighted by atomic mass is 10.0. The normalized spacial score (nSPS) is 21.4. The molecule has 1 unspecified atom stereocenters. The van der Waals surface area contributed by atoms with E-state index in [0.29, 0.717) is 6.04 Å². The molecule has 1 atom stereocenters. The Labute approximate surface area is 85.0 Å². The van der Waals surface area contributed by atoms with E-state index in [1.54, 1.807) is 6.26 Å². The Morgan fingerprint density at radius 2 is 2.43 bits per heavy atom. The second kappa shape index (κ2) is 4.47. The van der Waals surface area contributed by atoms with Crippen LogP contribution in [0.2, 0.25) is 0 Å². The number of hydrogen-bond donors (Lipinski definition) is 1. The summed E-state index contributed by atoms with van der Waals surface area (Å²) in [6, 6.07) is 2.64. The van der Waals surface area contributed by atoms with Crippen LogP contribution in [0, 0.1) is 6.92 Å². The summed E-state index contributed by atoms with van der Waals surface area (Å²) < 4.78 is 5.37. The van der Waals surface area contributed by atoms with Gasteiger partial charge in [-0.25, -0.2) is 0 Å². The Balaban J connectivity index is 1.82. The first kappa shape index (κ1) is 9.53. The van der Waals surface area contributed by atoms with Crippen LogP contribution in [0.4, 0.5) is 0 Å². The maximum atomic E-state index is 5.37. The number of rotatable bonds is 3. The van der Waals surface area contributed by atoms with Gasteiger partial charge in [-0.2, -0.15) is 0 Å². The lowest BCUT2D eigenvalue weighted by molar-refractivity contribution is 0.423. The topological polar surface area (TPSA) is 25.2 Å². The Morgan fingerprint density at radius 3 is 3.07 bits per heavy atom. The molecule has 0 saturated carbocycles. The first-order valence-electron chi connectivity index (χ1n) is 5.27. The molecule has 1 aromatic rings.